The number of carbonyl (C=O) groups excluding carboxylic acids is 3. The maximum atomic E-state index is 14.4. The van der Waals surface area contributed by atoms with Crippen LogP contribution in [-0.4, -0.2) is 61.0 Å². The van der Waals surface area contributed by atoms with Crippen molar-refractivity contribution in [3.63, 3.8) is 0 Å². The normalized spacial score (nSPS) is 19.9. The molecule has 4 rings (SSSR count). The quantitative estimate of drug-likeness (QED) is 0.157. The van der Waals surface area contributed by atoms with Crippen molar-refractivity contribution in [3.8, 4) is 5.75 Å². The summed E-state index contributed by atoms with van der Waals surface area (Å²) in [4.78, 5) is 44.5. The van der Waals surface area contributed by atoms with Gasteiger partial charge < -0.3 is 24.4 Å². The van der Waals surface area contributed by atoms with E-state index in [0.717, 1.165) is 18.4 Å². The molecule has 0 radical (unpaired) electrons. The number of unbranched alkanes of at least 4 members (excludes halogenated alkanes) is 1. The van der Waals surface area contributed by atoms with Crippen LogP contribution in [0.15, 0.2) is 60.7 Å². The van der Waals surface area contributed by atoms with Crippen molar-refractivity contribution in [3.05, 3.63) is 77.4 Å². The van der Waals surface area contributed by atoms with E-state index >= 15 is 0 Å². The van der Waals surface area contributed by atoms with Crippen LogP contribution in [-0.2, 0) is 24.7 Å². The lowest BCUT2D eigenvalue weighted by Gasteiger charge is -2.34. The van der Waals surface area contributed by atoms with E-state index in [9.17, 15) is 19.5 Å². The summed E-state index contributed by atoms with van der Waals surface area (Å²) in [5.41, 5.74) is 0.224. The standard InChI is InChI=1S/C30H34N2O6/c1-5-7-15-31-23-12-9-8-11-22(23)30(29(31)36)25(27(34)28(35)32(30)16-10-18-37-4)26(33)21-13-14-24(20(3)19-21)38-17-6-2/h6,8-9,11-14,19,33H,2,5,7,10,15-18H2,1,3-4H3. The topological polar surface area (TPSA) is 96.4 Å². The second-order valence-corrected chi connectivity index (χ2v) is 9.47. The largest absolute Gasteiger partial charge is 0.507 e. The van der Waals surface area contributed by atoms with E-state index < -0.39 is 28.9 Å². The Labute approximate surface area is 223 Å². The Morgan fingerprint density at radius 1 is 1.11 bits per heavy atom. The molecule has 200 valence electrons. The molecule has 2 aromatic rings. The Morgan fingerprint density at radius 2 is 1.87 bits per heavy atom. The molecule has 1 unspecified atom stereocenters. The Bertz CT molecular complexity index is 1300. The Kier molecular flexibility index (Phi) is 8.02. The molecule has 38 heavy (non-hydrogen) atoms. The van der Waals surface area contributed by atoms with Crippen LogP contribution in [0.1, 0.15) is 42.9 Å². The highest BCUT2D eigenvalue weighted by Gasteiger charge is 2.66. The summed E-state index contributed by atoms with van der Waals surface area (Å²) in [7, 11) is 1.55. The van der Waals surface area contributed by atoms with Gasteiger partial charge in [-0.15, -0.1) is 0 Å². The average Bonchev–Trinajstić information content (AvgIpc) is 3.29. The first kappa shape index (κ1) is 27.1. The maximum Gasteiger partial charge on any atom is 0.296 e. The lowest BCUT2D eigenvalue weighted by atomic mass is 9.81. The first-order chi connectivity index (χ1) is 18.3. The first-order valence-electron chi connectivity index (χ1n) is 12.9. The van der Waals surface area contributed by atoms with Gasteiger partial charge in [-0.05, 0) is 49.6 Å². The van der Waals surface area contributed by atoms with Crippen LogP contribution in [0.25, 0.3) is 5.76 Å². The molecule has 2 aliphatic rings. The number of carbonyl (C=O) groups is 3. The molecule has 8 nitrogen and oxygen atoms in total. The number of ether oxygens (including phenoxy) is 2. The number of nitrogens with zero attached hydrogens (tertiary/aromatic N) is 2. The van der Waals surface area contributed by atoms with Gasteiger partial charge in [-0.1, -0.05) is 44.2 Å². The summed E-state index contributed by atoms with van der Waals surface area (Å²) in [5, 5.41) is 11.6. The minimum Gasteiger partial charge on any atom is -0.507 e. The molecule has 1 atom stereocenters. The van der Waals surface area contributed by atoms with Crippen LogP contribution in [0.5, 0.6) is 5.75 Å². The highest BCUT2D eigenvalue weighted by molar-refractivity contribution is 6.50. The molecule has 0 aromatic heterocycles. The van der Waals surface area contributed by atoms with Gasteiger partial charge >= 0.3 is 0 Å². The number of benzene rings is 2. The monoisotopic (exact) mass is 518 g/mol. The minimum absolute atomic E-state index is 0.115. The number of hydrogen-bond acceptors (Lipinski definition) is 6. The van der Waals surface area contributed by atoms with Crippen LogP contribution >= 0.6 is 0 Å². The van der Waals surface area contributed by atoms with Crippen LogP contribution in [0.4, 0.5) is 5.69 Å². The molecule has 2 heterocycles. The van der Waals surface area contributed by atoms with Crippen LogP contribution in [0, 0.1) is 6.92 Å². The van der Waals surface area contributed by atoms with E-state index in [-0.39, 0.29) is 12.1 Å². The van der Waals surface area contributed by atoms with Crippen LogP contribution in [0.2, 0.25) is 0 Å². The number of Topliss-reactive ketones (excluding diaryl/α,β-unsaturated/α-hetero) is 1. The van der Waals surface area contributed by atoms with Gasteiger partial charge in [-0.2, -0.15) is 0 Å². The molecular weight excluding hydrogens is 484 g/mol. The number of anilines is 1. The number of amides is 2. The van der Waals surface area contributed by atoms with E-state index in [1.165, 1.54) is 4.90 Å². The van der Waals surface area contributed by atoms with E-state index in [1.54, 1.807) is 48.4 Å². The summed E-state index contributed by atoms with van der Waals surface area (Å²) < 4.78 is 10.8. The van der Waals surface area contributed by atoms with Crippen molar-refractivity contribution >= 4 is 29.0 Å². The second kappa shape index (κ2) is 11.2. The highest BCUT2D eigenvalue weighted by Crippen LogP contribution is 2.53. The summed E-state index contributed by atoms with van der Waals surface area (Å²) >= 11 is 0. The fourth-order valence-electron chi connectivity index (χ4n) is 5.32. The predicted octanol–water partition coefficient (Wildman–Crippen LogP) is 4.32. The Morgan fingerprint density at radius 3 is 2.55 bits per heavy atom. The fraction of sp³-hybridized carbons (Fsp3) is 0.367. The second-order valence-electron chi connectivity index (χ2n) is 9.47. The third-order valence-electron chi connectivity index (χ3n) is 7.08. The fourth-order valence-corrected chi connectivity index (χ4v) is 5.32. The number of para-hydroxylation sites is 1. The number of methoxy groups -OCH3 is 1. The molecule has 2 amide bonds. The number of aryl methyl sites for hydroxylation is 1. The minimum atomic E-state index is -1.76. The summed E-state index contributed by atoms with van der Waals surface area (Å²) in [6.45, 7) is 8.72. The first-order valence-corrected chi connectivity index (χ1v) is 12.9. The molecule has 2 aromatic carbocycles. The van der Waals surface area contributed by atoms with Gasteiger partial charge in [0, 0.05) is 37.9 Å². The lowest BCUT2D eigenvalue weighted by molar-refractivity contribution is -0.143. The highest BCUT2D eigenvalue weighted by atomic mass is 16.5. The van der Waals surface area contributed by atoms with Crippen molar-refractivity contribution in [2.24, 2.45) is 0 Å². The smallest absolute Gasteiger partial charge is 0.296 e. The van der Waals surface area contributed by atoms with Gasteiger partial charge in [0.1, 0.15) is 18.1 Å². The van der Waals surface area contributed by atoms with Gasteiger partial charge in [0.2, 0.25) is 0 Å². The number of ketones is 1. The Balaban J connectivity index is 1.95. The molecule has 0 aliphatic carbocycles. The van der Waals surface area contributed by atoms with E-state index in [1.807, 2.05) is 26.0 Å². The molecule has 8 heteroatoms. The molecular formula is C30H34N2O6. The summed E-state index contributed by atoms with van der Waals surface area (Å²) in [5.74, 6) is -1.90. The van der Waals surface area contributed by atoms with Crippen molar-refractivity contribution < 1.29 is 29.0 Å². The van der Waals surface area contributed by atoms with Gasteiger partial charge in [0.05, 0.1) is 11.3 Å². The van der Waals surface area contributed by atoms with Crippen molar-refractivity contribution in [2.45, 2.75) is 38.6 Å². The zero-order valence-electron chi connectivity index (χ0n) is 22.2. The average molecular weight is 519 g/mol. The van der Waals surface area contributed by atoms with Gasteiger partial charge in [-0.25, -0.2) is 0 Å². The molecule has 0 saturated carbocycles. The molecule has 2 aliphatic heterocycles. The molecule has 1 spiro atoms. The zero-order valence-corrected chi connectivity index (χ0v) is 22.2. The van der Waals surface area contributed by atoms with E-state index in [2.05, 4.69) is 6.58 Å². The predicted molar refractivity (Wildman–Crippen MR) is 145 cm³/mol. The van der Waals surface area contributed by atoms with Crippen molar-refractivity contribution in [2.75, 3.05) is 38.3 Å². The van der Waals surface area contributed by atoms with E-state index in [0.29, 0.717) is 48.7 Å². The summed E-state index contributed by atoms with van der Waals surface area (Å²) in [6.07, 6.45) is 3.66. The zero-order chi connectivity index (χ0) is 27.4. The maximum absolute atomic E-state index is 14.4. The summed E-state index contributed by atoms with van der Waals surface area (Å²) in [6, 6.07) is 12.2. The van der Waals surface area contributed by atoms with Crippen LogP contribution in [0.3, 0.4) is 0 Å². The molecule has 1 saturated heterocycles. The lowest BCUT2D eigenvalue weighted by Crippen LogP contribution is -2.52. The molecule has 1 fully saturated rings. The van der Waals surface area contributed by atoms with E-state index in [4.69, 9.17) is 9.47 Å². The van der Waals surface area contributed by atoms with Crippen molar-refractivity contribution in [1.82, 2.24) is 4.90 Å². The van der Waals surface area contributed by atoms with Gasteiger partial charge in [0.25, 0.3) is 17.6 Å². The number of aliphatic hydroxyl groups is 1. The molecule has 0 bridgehead atoms. The number of aliphatic hydroxyl groups excluding tert-OH is 1. The number of rotatable bonds is 11. The number of fused-ring (bicyclic) bond motifs is 2. The number of hydrogen-bond donors (Lipinski definition) is 1. The molecule has 1 N–H and O–H groups in total. The van der Waals surface area contributed by atoms with Gasteiger partial charge in [0.15, 0.2) is 5.54 Å². The third kappa shape index (κ3) is 4.28. The van der Waals surface area contributed by atoms with Crippen molar-refractivity contribution in [1.29, 1.82) is 0 Å². The Hall–Kier alpha value is -3.91. The third-order valence-corrected chi connectivity index (χ3v) is 7.08. The number of likely N-dealkylation sites (tertiary alicyclic amines) is 1. The SMILES string of the molecule is C=CCOc1ccc(C(O)=C2C(=O)C(=O)N(CCCOC)C23C(=O)N(CCCC)c2ccccc23)cc1C. The van der Waals surface area contributed by atoms with Crippen LogP contribution < -0.4 is 9.64 Å². The van der Waals surface area contributed by atoms with Gasteiger partial charge in [-0.3, -0.25) is 14.4 Å².